The number of H-pyrrole nitrogens is 1. The van der Waals surface area contributed by atoms with Crippen LogP contribution in [0.5, 0.6) is 0 Å². The second-order valence-electron chi connectivity index (χ2n) is 9.61. The van der Waals surface area contributed by atoms with E-state index in [1.54, 1.807) is 13.8 Å². The molecule has 0 spiro atoms. The third-order valence-corrected chi connectivity index (χ3v) is 7.91. The standard InChI is InChI=1S/C26H30N10O3S/c1-3-38-24(37)20-15(2)28-26(40-20)31-25-29-22(27-13-18-5-4-12-39-18)19-10-11-36(23(19)30-25)14-16-6-8-17(9-7-16)21-32-34-35-33-21/h6-9,18H,3-5,10-14H2,1-2H3,(H,32,33,34,35)(H2,27,28,29,30,31). The second-order valence-corrected chi connectivity index (χ2v) is 10.6. The molecule has 5 heterocycles. The fraction of sp³-hybridized carbons (Fsp3) is 0.423. The van der Waals surface area contributed by atoms with Crippen LogP contribution in [0.4, 0.5) is 22.7 Å². The van der Waals surface area contributed by atoms with Gasteiger partial charge < -0.3 is 19.7 Å². The molecule has 2 aliphatic heterocycles. The number of hydrogen-bond acceptors (Lipinski definition) is 13. The van der Waals surface area contributed by atoms with E-state index < -0.39 is 0 Å². The molecule has 1 unspecified atom stereocenters. The van der Waals surface area contributed by atoms with Crippen molar-refractivity contribution in [1.82, 2.24) is 35.6 Å². The Morgan fingerprint density at radius 2 is 2.12 bits per heavy atom. The van der Waals surface area contributed by atoms with Crippen LogP contribution in [0, 0.1) is 6.92 Å². The van der Waals surface area contributed by atoms with E-state index in [0.29, 0.717) is 47.2 Å². The summed E-state index contributed by atoms with van der Waals surface area (Å²) in [5.41, 5.74) is 3.75. The maximum atomic E-state index is 12.3. The summed E-state index contributed by atoms with van der Waals surface area (Å²) in [7, 11) is 0. The molecule has 0 saturated carbocycles. The molecular formula is C26H30N10O3S. The van der Waals surface area contributed by atoms with Gasteiger partial charge in [0.1, 0.15) is 16.5 Å². The predicted molar refractivity (Wildman–Crippen MR) is 150 cm³/mol. The lowest BCUT2D eigenvalue weighted by Crippen LogP contribution is -2.22. The minimum absolute atomic E-state index is 0.173. The van der Waals surface area contributed by atoms with Crippen LogP contribution in [0.1, 0.15) is 46.3 Å². The fourth-order valence-corrected chi connectivity index (χ4v) is 5.74. The van der Waals surface area contributed by atoms with Crippen molar-refractivity contribution in [2.45, 2.75) is 45.8 Å². The van der Waals surface area contributed by atoms with Gasteiger partial charge in [-0.2, -0.15) is 9.97 Å². The van der Waals surface area contributed by atoms with Crippen molar-refractivity contribution in [1.29, 1.82) is 0 Å². The second kappa shape index (κ2) is 11.5. The third-order valence-electron chi connectivity index (χ3n) is 6.86. The van der Waals surface area contributed by atoms with Gasteiger partial charge in [-0.1, -0.05) is 35.6 Å². The molecule has 0 aliphatic carbocycles. The molecule has 0 amide bonds. The minimum atomic E-state index is -0.379. The van der Waals surface area contributed by atoms with Crippen molar-refractivity contribution in [3.05, 3.63) is 46.0 Å². The first kappa shape index (κ1) is 26.1. The van der Waals surface area contributed by atoms with Gasteiger partial charge in [0, 0.05) is 37.4 Å². The molecule has 3 N–H and O–H groups in total. The highest BCUT2D eigenvalue weighted by molar-refractivity contribution is 7.17. The van der Waals surface area contributed by atoms with Crippen molar-refractivity contribution in [3.63, 3.8) is 0 Å². The van der Waals surface area contributed by atoms with Gasteiger partial charge >= 0.3 is 5.97 Å². The fourth-order valence-electron chi connectivity index (χ4n) is 4.89. The SMILES string of the molecule is CCOC(=O)c1sc(Nc2nc(NCC3CCCO3)c3c(n2)N(Cc2ccc(-c4nnn[nH]4)cc2)CC3)nc1C. The average molecular weight is 563 g/mol. The quantitative estimate of drug-likeness (QED) is 0.242. The van der Waals surface area contributed by atoms with E-state index in [1.165, 1.54) is 11.3 Å². The Bertz CT molecular complexity index is 1470. The summed E-state index contributed by atoms with van der Waals surface area (Å²) in [6.45, 7) is 6.87. The van der Waals surface area contributed by atoms with Crippen LogP contribution in [0.2, 0.25) is 0 Å². The molecular weight excluding hydrogens is 532 g/mol. The van der Waals surface area contributed by atoms with Crippen molar-refractivity contribution in [3.8, 4) is 11.4 Å². The van der Waals surface area contributed by atoms with Gasteiger partial charge in [-0.05, 0) is 49.1 Å². The number of carbonyl (C=O) groups excluding carboxylic acids is 1. The summed E-state index contributed by atoms with van der Waals surface area (Å²) in [5, 5.41) is 21.3. The molecule has 208 valence electrons. The van der Waals surface area contributed by atoms with Crippen LogP contribution < -0.4 is 15.5 Å². The van der Waals surface area contributed by atoms with Gasteiger partial charge in [0.05, 0.1) is 18.4 Å². The van der Waals surface area contributed by atoms with Crippen LogP contribution in [0.3, 0.4) is 0 Å². The zero-order valence-electron chi connectivity index (χ0n) is 22.3. The molecule has 0 bridgehead atoms. The first-order valence-electron chi connectivity index (χ1n) is 13.3. The topological polar surface area (TPSA) is 156 Å². The highest BCUT2D eigenvalue weighted by atomic mass is 32.1. The number of benzene rings is 1. The lowest BCUT2D eigenvalue weighted by atomic mass is 10.1. The molecule has 4 aromatic rings. The molecule has 6 rings (SSSR count). The largest absolute Gasteiger partial charge is 0.462 e. The molecule has 2 aliphatic rings. The van der Waals surface area contributed by atoms with Gasteiger partial charge in [0.25, 0.3) is 0 Å². The number of aromatic amines is 1. The average Bonchev–Trinajstić information content (AvgIpc) is 3.77. The highest BCUT2D eigenvalue weighted by Crippen LogP contribution is 2.35. The summed E-state index contributed by atoms with van der Waals surface area (Å²) in [4.78, 5) is 29.2. The summed E-state index contributed by atoms with van der Waals surface area (Å²) in [5.74, 6) is 2.33. The Morgan fingerprint density at radius 1 is 1.25 bits per heavy atom. The Hall–Kier alpha value is -4.17. The number of hydrogen-bond donors (Lipinski definition) is 3. The molecule has 0 radical (unpaired) electrons. The predicted octanol–water partition coefficient (Wildman–Crippen LogP) is 3.50. The zero-order chi connectivity index (χ0) is 27.5. The number of fused-ring (bicyclic) bond motifs is 1. The molecule has 13 nitrogen and oxygen atoms in total. The normalized spacial score (nSPS) is 16.2. The number of carbonyl (C=O) groups is 1. The van der Waals surface area contributed by atoms with Gasteiger partial charge in [-0.15, -0.1) is 5.10 Å². The zero-order valence-corrected chi connectivity index (χ0v) is 23.1. The van der Waals surface area contributed by atoms with Gasteiger partial charge in [-0.25, -0.2) is 14.9 Å². The van der Waals surface area contributed by atoms with Crippen LogP contribution in [-0.4, -0.2) is 74.0 Å². The van der Waals surface area contributed by atoms with E-state index in [1.807, 2.05) is 12.1 Å². The Balaban J connectivity index is 1.25. The van der Waals surface area contributed by atoms with Gasteiger partial charge in [-0.3, -0.25) is 5.32 Å². The van der Waals surface area contributed by atoms with E-state index in [0.717, 1.165) is 60.7 Å². The van der Waals surface area contributed by atoms with E-state index in [9.17, 15) is 4.79 Å². The maximum absolute atomic E-state index is 12.3. The Morgan fingerprint density at radius 3 is 2.88 bits per heavy atom. The number of rotatable bonds is 10. The highest BCUT2D eigenvalue weighted by Gasteiger charge is 2.27. The molecule has 40 heavy (non-hydrogen) atoms. The Labute approximate surface area is 234 Å². The molecule has 3 aromatic heterocycles. The molecule has 1 aromatic carbocycles. The Kier molecular flexibility index (Phi) is 7.51. The smallest absolute Gasteiger partial charge is 0.350 e. The van der Waals surface area contributed by atoms with Crippen LogP contribution in [0.15, 0.2) is 24.3 Å². The lowest BCUT2D eigenvalue weighted by Gasteiger charge is -2.20. The monoisotopic (exact) mass is 562 g/mol. The number of nitrogens with one attached hydrogen (secondary N) is 3. The van der Waals surface area contributed by atoms with Gasteiger partial charge in [0.2, 0.25) is 5.95 Å². The number of nitrogens with zero attached hydrogens (tertiary/aromatic N) is 7. The van der Waals surface area contributed by atoms with E-state index >= 15 is 0 Å². The summed E-state index contributed by atoms with van der Waals surface area (Å²) in [6, 6.07) is 8.15. The molecule has 1 atom stereocenters. The van der Waals surface area contributed by atoms with E-state index in [2.05, 4.69) is 53.3 Å². The molecule has 1 fully saturated rings. The van der Waals surface area contributed by atoms with Crippen LogP contribution in [-0.2, 0) is 22.4 Å². The number of ether oxygens (including phenoxy) is 2. The number of aromatic nitrogens is 7. The minimum Gasteiger partial charge on any atom is -0.462 e. The van der Waals surface area contributed by atoms with Crippen molar-refractivity contribution in [2.24, 2.45) is 0 Å². The molecule has 1 saturated heterocycles. The number of thiazole rings is 1. The lowest BCUT2D eigenvalue weighted by molar-refractivity contribution is 0.0531. The van der Waals surface area contributed by atoms with E-state index in [4.69, 9.17) is 19.4 Å². The number of esters is 1. The van der Waals surface area contributed by atoms with Crippen molar-refractivity contribution < 1.29 is 14.3 Å². The number of anilines is 4. The van der Waals surface area contributed by atoms with Crippen LogP contribution in [0.25, 0.3) is 11.4 Å². The summed E-state index contributed by atoms with van der Waals surface area (Å²) >= 11 is 1.23. The van der Waals surface area contributed by atoms with Crippen LogP contribution >= 0.6 is 11.3 Å². The number of tetrazole rings is 1. The summed E-state index contributed by atoms with van der Waals surface area (Å²) in [6.07, 6.45) is 3.11. The van der Waals surface area contributed by atoms with Crippen molar-refractivity contribution in [2.75, 3.05) is 41.8 Å². The summed E-state index contributed by atoms with van der Waals surface area (Å²) < 4.78 is 11.0. The first-order valence-corrected chi connectivity index (χ1v) is 14.1. The number of aryl methyl sites for hydroxylation is 1. The third kappa shape index (κ3) is 5.58. The molecule has 14 heteroatoms. The van der Waals surface area contributed by atoms with Crippen molar-refractivity contribution >= 4 is 40.0 Å². The van der Waals surface area contributed by atoms with E-state index in [-0.39, 0.29) is 12.1 Å². The first-order chi connectivity index (χ1) is 19.6. The maximum Gasteiger partial charge on any atom is 0.350 e. The van der Waals surface area contributed by atoms with Gasteiger partial charge in [0.15, 0.2) is 11.0 Å².